The number of ether oxygens (including phenoxy) is 2. The zero-order valence-corrected chi connectivity index (χ0v) is 18.8. The second-order valence-corrected chi connectivity index (χ2v) is 8.45. The highest BCUT2D eigenvalue weighted by molar-refractivity contribution is 5.99. The Kier molecular flexibility index (Phi) is 5.97. The molecule has 2 aromatic carbocycles. The third kappa shape index (κ3) is 3.91. The lowest BCUT2D eigenvalue weighted by molar-refractivity contribution is 0.0353. The highest BCUT2D eigenvalue weighted by Crippen LogP contribution is 2.40. The standard InChI is InChI=1S/C25H25FN2O6/c1-32-20-13-15(3-5-18(20)29)22-21-23(30)17-14-16(26)4-6-19(17)34-24(21)25(31)28(22)8-2-7-27-9-11-33-12-10-27/h3-6,13-14,22,29H,2,7-12H2,1H3. The van der Waals surface area contributed by atoms with Crippen molar-refractivity contribution in [2.75, 3.05) is 46.5 Å². The van der Waals surface area contributed by atoms with Gasteiger partial charge in [0.25, 0.3) is 5.91 Å². The first-order valence-electron chi connectivity index (χ1n) is 11.2. The van der Waals surface area contributed by atoms with E-state index in [1.54, 1.807) is 17.0 Å². The summed E-state index contributed by atoms with van der Waals surface area (Å²) in [4.78, 5) is 30.8. The first-order chi connectivity index (χ1) is 16.5. The molecule has 0 radical (unpaired) electrons. The molecule has 1 atom stereocenters. The van der Waals surface area contributed by atoms with Crippen LogP contribution in [0.3, 0.4) is 0 Å². The fourth-order valence-corrected chi connectivity index (χ4v) is 4.72. The van der Waals surface area contributed by atoms with Crippen LogP contribution < -0.4 is 10.2 Å². The Labute approximate surface area is 195 Å². The molecule has 3 aromatic rings. The maximum Gasteiger partial charge on any atom is 0.290 e. The van der Waals surface area contributed by atoms with E-state index in [1.807, 2.05) is 0 Å². The van der Waals surface area contributed by atoms with Gasteiger partial charge in [0, 0.05) is 26.2 Å². The van der Waals surface area contributed by atoms with E-state index in [0.717, 1.165) is 25.7 Å². The first kappa shape index (κ1) is 22.4. The fraction of sp³-hybridized carbons (Fsp3) is 0.360. The van der Waals surface area contributed by atoms with Crippen molar-refractivity contribution in [1.82, 2.24) is 9.80 Å². The number of hydrogen-bond donors (Lipinski definition) is 1. The highest BCUT2D eigenvalue weighted by Gasteiger charge is 2.42. The molecule has 1 aromatic heterocycles. The number of phenols is 1. The van der Waals surface area contributed by atoms with Crippen LogP contribution in [0.5, 0.6) is 11.5 Å². The molecule has 1 N–H and O–H groups in total. The zero-order valence-electron chi connectivity index (χ0n) is 18.8. The third-order valence-corrected chi connectivity index (χ3v) is 6.42. The molecule has 2 aliphatic rings. The summed E-state index contributed by atoms with van der Waals surface area (Å²) in [5.41, 5.74) is 0.478. The molecule has 0 bridgehead atoms. The van der Waals surface area contributed by atoms with Crippen molar-refractivity contribution in [2.24, 2.45) is 0 Å². The van der Waals surface area contributed by atoms with Gasteiger partial charge >= 0.3 is 0 Å². The molecule has 0 saturated carbocycles. The van der Waals surface area contributed by atoms with Crippen molar-refractivity contribution in [2.45, 2.75) is 12.5 Å². The number of rotatable bonds is 6. The van der Waals surface area contributed by atoms with E-state index in [1.165, 1.54) is 25.3 Å². The number of carbonyl (C=O) groups is 1. The molecule has 2 aliphatic heterocycles. The second-order valence-electron chi connectivity index (χ2n) is 8.45. The van der Waals surface area contributed by atoms with Gasteiger partial charge in [-0.3, -0.25) is 14.5 Å². The minimum absolute atomic E-state index is 0.0347. The largest absolute Gasteiger partial charge is 0.504 e. The van der Waals surface area contributed by atoms with Crippen molar-refractivity contribution < 1.29 is 28.2 Å². The summed E-state index contributed by atoms with van der Waals surface area (Å²) in [6, 6.07) is 7.65. The smallest absolute Gasteiger partial charge is 0.290 e. The first-order valence-corrected chi connectivity index (χ1v) is 11.2. The summed E-state index contributed by atoms with van der Waals surface area (Å²) in [7, 11) is 1.43. The monoisotopic (exact) mass is 468 g/mol. The SMILES string of the molecule is COc1cc(C2c3c(oc4ccc(F)cc4c3=O)C(=O)N2CCCN2CCOCC2)ccc1O. The number of benzene rings is 2. The molecule has 1 amide bonds. The minimum Gasteiger partial charge on any atom is -0.504 e. The van der Waals surface area contributed by atoms with Crippen molar-refractivity contribution in [1.29, 1.82) is 0 Å². The Balaban J connectivity index is 1.56. The van der Waals surface area contributed by atoms with Crippen LogP contribution in [-0.4, -0.2) is 67.3 Å². The van der Waals surface area contributed by atoms with Crippen LogP contribution in [0, 0.1) is 5.82 Å². The highest BCUT2D eigenvalue weighted by atomic mass is 19.1. The summed E-state index contributed by atoms with van der Waals surface area (Å²) < 4.78 is 30.4. The van der Waals surface area contributed by atoms with E-state index < -0.39 is 23.2 Å². The molecule has 1 unspecified atom stereocenters. The number of carbonyl (C=O) groups excluding carboxylic acids is 1. The molecule has 1 saturated heterocycles. The van der Waals surface area contributed by atoms with Gasteiger partial charge in [0.2, 0.25) is 5.76 Å². The number of nitrogens with zero attached hydrogens (tertiary/aromatic N) is 2. The van der Waals surface area contributed by atoms with Gasteiger partial charge in [-0.05, 0) is 42.3 Å². The fourth-order valence-electron chi connectivity index (χ4n) is 4.72. The third-order valence-electron chi connectivity index (χ3n) is 6.42. The van der Waals surface area contributed by atoms with Crippen molar-refractivity contribution in [3.8, 4) is 11.5 Å². The summed E-state index contributed by atoms with van der Waals surface area (Å²) in [5.74, 6) is -0.815. The minimum atomic E-state index is -0.745. The van der Waals surface area contributed by atoms with E-state index in [4.69, 9.17) is 13.9 Å². The molecular weight excluding hydrogens is 443 g/mol. The molecule has 1 fully saturated rings. The molecule has 8 nitrogen and oxygen atoms in total. The maximum absolute atomic E-state index is 13.9. The summed E-state index contributed by atoms with van der Waals surface area (Å²) in [6.07, 6.45) is 0.688. The number of methoxy groups -OCH3 is 1. The number of phenolic OH excluding ortho intramolecular Hbond substituents is 1. The molecule has 5 rings (SSSR count). The lowest BCUT2D eigenvalue weighted by atomic mass is 9.98. The Morgan fingerprint density at radius 3 is 2.68 bits per heavy atom. The van der Waals surface area contributed by atoms with Crippen LogP contribution in [0.1, 0.15) is 34.1 Å². The van der Waals surface area contributed by atoms with E-state index >= 15 is 0 Å². The normalized spacial score (nSPS) is 18.5. The predicted molar refractivity (Wildman–Crippen MR) is 122 cm³/mol. The Bertz CT molecular complexity index is 1300. The zero-order chi connectivity index (χ0) is 23.8. The number of aromatic hydroxyl groups is 1. The van der Waals surface area contributed by atoms with Gasteiger partial charge in [-0.25, -0.2) is 4.39 Å². The van der Waals surface area contributed by atoms with Crippen LogP contribution in [0.2, 0.25) is 0 Å². The molecule has 178 valence electrons. The molecule has 34 heavy (non-hydrogen) atoms. The van der Waals surface area contributed by atoms with Crippen LogP contribution in [0.15, 0.2) is 45.6 Å². The van der Waals surface area contributed by atoms with Crippen LogP contribution in [0.25, 0.3) is 11.0 Å². The van der Waals surface area contributed by atoms with E-state index in [2.05, 4.69) is 4.90 Å². The van der Waals surface area contributed by atoms with Gasteiger partial charge in [0.15, 0.2) is 16.9 Å². The second kappa shape index (κ2) is 9.08. The van der Waals surface area contributed by atoms with Gasteiger partial charge in [0.05, 0.1) is 37.3 Å². The van der Waals surface area contributed by atoms with Gasteiger partial charge in [-0.1, -0.05) is 6.07 Å². The molecule has 0 aliphatic carbocycles. The summed E-state index contributed by atoms with van der Waals surface area (Å²) >= 11 is 0. The summed E-state index contributed by atoms with van der Waals surface area (Å²) in [5, 5.41) is 10.1. The molecule has 3 heterocycles. The average molecular weight is 468 g/mol. The lowest BCUT2D eigenvalue weighted by Gasteiger charge is -2.29. The molecular formula is C25H25FN2O6. The van der Waals surface area contributed by atoms with E-state index in [9.17, 15) is 19.1 Å². The van der Waals surface area contributed by atoms with Crippen molar-refractivity contribution in [3.63, 3.8) is 0 Å². The predicted octanol–water partition coefficient (Wildman–Crippen LogP) is 2.91. The van der Waals surface area contributed by atoms with E-state index in [0.29, 0.717) is 31.7 Å². The number of morpholine rings is 1. The maximum atomic E-state index is 13.9. The Morgan fingerprint density at radius 1 is 1.12 bits per heavy atom. The molecule has 0 spiro atoms. The molecule has 9 heteroatoms. The number of amides is 1. The van der Waals surface area contributed by atoms with Gasteiger partial charge in [0.1, 0.15) is 11.4 Å². The van der Waals surface area contributed by atoms with Crippen LogP contribution in [-0.2, 0) is 4.74 Å². The van der Waals surface area contributed by atoms with Gasteiger partial charge in [-0.2, -0.15) is 0 Å². The van der Waals surface area contributed by atoms with Crippen molar-refractivity contribution in [3.05, 3.63) is 69.3 Å². The number of halogens is 1. The topological polar surface area (TPSA) is 92.5 Å². The Morgan fingerprint density at radius 2 is 1.91 bits per heavy atom. The van der Waals surface area contributed by atoms with Crippen molar-refractivity contribution >= 4 is 16.9 Å². The van der Waals surface area contributed by atoms with Crippen LogP contribution in [0.4, 0.5) is 4.39 Å². The van der Waals surface area contributed by atoms with Crippen LogP contribution >= 0.6 is 0 Å². The van der Waals surface area contributed by atoms with Gasteiger partial charge < -0.3 is 23.9 Å². The lowest BCUT2D eigenvalue weighted by Crippen LogP contribution is -2.38. The Hall–Kier alpha value is -3.43. The summed E-state index contributed by atoms with van der Waals surface area (Å²) in [6.45, 7) is 4.22. The average Bonchev–Trinajstić information content (AvgIpc) is 3.12. The number of fused-ring (bicyclic) bond motifs is 2. The van der Waals surface area contributed by atoms with E-state index in [-0.39, 0.29) is 33.8 Å². The quantitative estimate of drug-likeness (QED) is 0.595. The van der Waals surface area contributed by atoms with Gasteiger partial charge in [-0.15, -0.1) is 0 Å². The number of hydrogen-bond acceptors (Lipinski definition) is 7.